The van der Waals surface area contributed by atoms with Crippen molar-refractivity contribution in [3.63, 3.8) is 0 Å². The number of para-hydroxylation sites is 2. The van der Waals surface area contributed by atoms with Crippen LogP contribution in [0.2, 0.25) is 0 Å². The average Bonchev–Trinajstić information content (AvgIpc) is 3.11. The molecule has 3 aromatic carbocycles. The molecular formula is C30H30N4O3S. The molecule has 1 aliphatic heterocycles. The summed E-state index contributed by atoms with van der Waals surface area (Å²) in [6.07, 6.45) is 5.45. The zero-order valence-electron chi connectivity index (χ0n) is 21.5. The first kappa shape index (κ1) is 25.7. The highest BCUT2D eigenvalue weighted by Crippen LogP contribution is 2.45. The first-order valence-corrected chi connectivity index (χ1v) is 14.1. The summed E-state index contributed by atoms with van der Waals surface area (Å²) in [6.45, 7) is 2.78. The highest BCUT2D eigenvalue weighted by molar-refractivity contribution is 7.98. The Bertz CT molecular complexity index is 1400. The SMILES string of the molecule is CCCCCCOc1ccccc1[C@H]1Oc2nc(SC)nnc2-c2ccccc2N1C(=O)c1ccccc1. The van der Waals surface area contributed by atoms with E-state index in [0.717, 1.165) is 30.4 Å². The number of ether oxygens (including phenoxy) is 2. The van der Waals surface area contributed by atoms with E-state index < -0.39 is 6.23 Å². The molecule has 8 heteroatoms. The summed E-state index contributed by atoms with van der Waals surface area (Å²) in [7, 11) is 0. The van der Waals surface area contributed by atoms with E-state index in [4.69, 9.17) is 9.47 Å². The first-order chi connectivity index (χ1) is 18.7. The van der Waals surface area contributed by atoms with Gasteiger partial charge in [0.1, 0.15) is 5.75 Å². The van der Waals surface area contributed by atoms with Gasteiger partial charge in [0.25, 0.3) is 5.91 Å². The van der Waals surface area contributed by atoms with Crippen molar-refractivity contribution in [1.29, 1.82) is 0 Å². The van der Waals surface area contributed by atoms with Gasteiger partial charge in [-0.15, -0.1) is 10.2 Å². The van der Waals surface area contributed by atoms with Gasteiger partial charge in [0.15, 0.2) is 5.69 Å². The molecule has 194 valence electrons. The fourth-order valence-electron chi connectivity index (χ4n) is 4.47. The second-order valence-electron chi connectivity index (χ2n) is 8.93. The van der Waals surface area contributed by atoms with Gasteiger partial charge in [-0.2, -0.15) is 4.98 Å². The van der Waals surface area contributed by atoms with Gasteiger partial charge in [0.2, 0.25) is 17.3 Å². The Hall–Kier alpha value is -3.91. The Morgan fingerprint density at radius 2 is 1.71 bits per heavy atom. The molecule has 5 rings (SSSR count). The van der Waals surface area contributed by atoms with Crippen LogP contribution < -0.4 is 14.4 Å². The molecule has 1 atom stereocenters. The third-order valence-electron chi connectivity index (χ3n) is 6.37. The van der Waals surface area contributed by atoms with Crippen molar-refractivity contribution in [2.24, 2.45) is 0 Å². The maximum absolute atomic E-state index is 14.2. The smallest absolute Gasteiger partial charge is 0.261 e. The average molecular weight is 527 g/mol. The first-order valence-electron chi connectivity index (χ1n) is 12.9. The molecular weight excluding hydrogens is 496 g/mol. The number of amides is 1. The van der Waals surface area contributed by atoms with Crippen LogP contribution in [0.4, 0.5) is 5.69 Å². The largest absolute Gasteiger partial charge is 0.493 e. The summed E-state index contributed by atoms with van der Waals surface area (Å²) in [5.74, 6) is 0.794. The van der Waals surface area contributed by atoms with Crippen LogP contribution in [0, 0.1) is 0 Å². The number of carbonyl (C=O) groups excluding carboxylic acids is 1. The highest BCUT2D eigenvalue weighted by atomic mass is 32.2. The molecule has 0 saturated heterocycles. The van der Waals surface area contributed by atoms with Gasteiger partial charge in [-0.05, 0) is 43.0 Å². The summed E-state index contributed by atoms with van der Waals surface area (Å²) in [4.78, 5) is 20.5. The summed E-state index contributed by atoms with van der Waals surface area (Å²) in [5, 5.41) is 9.20. The van der Waals surface area contributed by atoms with Crippen LogP contribution in [-0.2, 0) is 0 Å². The number of nitrogens with zero attached hydrogens (tertiary/aromatic N) is 4. The van der Waals surface area contributed by atoms with E-state index in [9.17, 15) is 4.79 Å². The molecule has 0 bridgehead atoms. The Kier molecular flexibility index (Phi) is 8.19. The monoisotopic (exact) mass is 526 g/mol. The van der Waals surface area contributed by atoms with Gasteiger partial charge in [-0.1, -0.05) is 86.5 Å². The highest BCUT2D eigenvalue weighted by Gasteiger charge is 2.37. The molecule has 0 aliphatic carbocycles. The van der Waals surface area contributed by atoms with Crippen molar-refractivity contribution in [2.75, 3.05) is 17.8 Å². The molecule has 2 heterocycles. The minimum absolute atomic E-state index is 0.202. The second-order valence-corrected chi connectivity index (χ2v) is 9.70. The van der Waals surface area contributed by atoms with Crippen LogP contribution in [0.25, 0.3) is 11.3 Å². The Balaban J connectivity index is 1.65. The van der Waals surface area contributed by atoms with E-state index >= 15 is 0 Å². The van der Waals surface area contributed by atoms with Gasteiger partial charge in [0, 0.05) is 11.1 Å². The van der Waals surface area contributed by atoms with Gasteiger partial charge in [0.05, 0.1) is 17.9 Å². The Morgan fingerprint density at radius 3 is 2.53 bits per heavy atom. The molecule has 0 saturated carbocycles. The molecule has 1 aromatic heterocycles. The van der Waals surface area contributed by atoms with E-state index in [1.54, 1.807) is 17.0 Å². The molecule has 0 radical (unpaired) electrons. The van der Waals surface area contributed by atoms with E-state index in [1.807, 2.05) is 73.0 Å². The lowest BCUT2D eigenvalue weighted by molar-refractivity contribution is 0.0906. The number of anilines is 1. The fourth-order valence-corrected chi connectivity index (χ4v) is 4.77. The lowest BCUT2D eigenvalue weighted by Crippen LogP contribution is -2.38. The normalized spacial score (nSPS) is 14.2. The van der Waals surface area contributed by atoms with Gasteiger partial charge in [-0.25, -0.2) is 0 Å². The van der Waals surface area contributed by atoms with Crippen LogP contribution in [0.5, 0.6) is 11.6 Å². The molecule has 38 heavy (non-hydrogen) atoms. The van der Waals surface area contributed by atoms with Crippen molar-refractivity contribution >= 4 is 23.4 Å². The fraction of sp³-hybridized carbons (Fsp3) is 0.267. The molecule has 0 unspecified atom stereocenters. The van der Waals surface area contributed by atoms with Crippen molar-refractivity contribution in [3.05, 3.63) is 90.0 Å². The van der Waals surface area contributed by atoms with Gasteiger partial charge >= 0.3 is 0 Å². The van der Waals surface area contributed by atoms with E-state index in [0.29, 0.717) is 40.3 Å². The van der Waals surface area contributed by atoms with E-state index in [-0.39, 0.29) is 5.91 Å². The van der Waals surface area contributed by atoms with Crippen LogP contribution in [0.1, 0.15) is 54.8 Å². The third kappa shape index (κ3) is 5.36. The molecule has 1 amide bonds. The number of thioether (sulfide) groups is 1. The number of rotatable bonds is 9. The number of aromatic nitrogens is 3. The maximum Gasteiger partial charge on any atom is 0.261 e. The number of hydrogen-bond acceptors (Lipinski definition) is 7. The lowest BCUT2D eigenvalue weighted by Gasteiger charge is -2.31. The van der Waals surface area contributed by atoms with Gasteiger partial charge < -0.3 is 9.47 Å². The summed E-state index contributed by atoms with van der Waals surface area (Å²) >= 11 is 1.38. The zero-order chi connectivity index (χ0) is 26.3. The number of unbranched alkanes of at least 4 members (excludes halogenated alkanes) is 3. The maximum atomic E-state index is 14.2. The predicted octanol–water partition coefficient (Wildman–Crippen LogP) is 6.96. The minimum Gasteiger partial charge on any atom is -0.493 e. The van der Waals surface area contributed by atoms with Crippen LogP contribution in [0.15, 0.2) is 84.0 Å². The topological polar surface area (TPSA) is 77.4 Å². The second kappa shape index (κ2) is 12.1. The standard InChI is InChI=1S/C30H30N4O3S/c1-3-4-5-13-20-36-25-19-12-10-17-23(25)29-34(28(35)21-14-7-6-8-15-21)24-18-11-9-16-22(24)26-27(37-29)31-30(38-2)33-32-26/h6-12,14-19,29H,3-5,13,20H2,1-2H3/t29-/m1/s1. The van der Waals surface area contributed by atoms with Crippen molar-refractivity contribution in [1.82, 2.24) is 15.2 Å². The quantitative estimate of drug-likeness (QED) is 0.172. The van der Waals surface area contributed by atoms with Crippen molar-refractivity contribution in [2.45, 2.75) is 44.0 Å². The van der Waals surface area contributed by atoms with Crippen LogP contribution in [-0.4, -0.2) is 34.0 Å². The molecule has 0 fully saturated rings. The number of benzene rings is 3. The van der Waals surface area contributed by atoms with Crippen molar-refractivity contribution < 1.29 is 14.3 Å². The molecule has 7 nitrogen and oxygen atoms in total. The summed E-state index contributed by atoms with van der Waals surface area (Å²) in [6, 6.07) is 24.6. The number of fused-ring (bicyclic) bond motifs is 3. The van der Waals surface area contributed by atoms with Gasteiger partial charge in [-0.3, -0.25) is 9.69 Å². The molecule has 1 aliphatic rings. The number of hydrogen-bond donors (Lipinski definition) is 0. The molecule has 0 spiro atoms. The Morgan fingerprint density at radius 1 is 0.947 bits per heavy atom. The Labute approximate surface area is 227 Å². The van der Waals surface area contributed by atoms with E-state index in [2.05, 4.69) is 22.1 Å². The number of carbonyl (C=O) groups is 1. The van der Waals surface area contributed by atoms with Crippen LogP contribution in [0.3, 0.4) is 0 Å². The van der Waals surface area contributed by atoms with Crippen molar-refractivity contribution in [3.8, 4) is 22.9 Å². The minimum atomic E-state index is -0.844. The molecule has 0 N–H and O–H groups in total. The lowest BCUT2D eigenvalue weighted by atomic mass is 10.1. The van der Waals surface area contributed by atoms with E-state index in [1.165, 1.54) is 18.2 Å². The summed E-state index contributed by atoms with van der Waals surface area (Å²) < 4.78 is 12.9. The third-order valence-corrected chi connectivity index (χ3v) is 6.91. The molecule has 4 aromatic rings. The van der Waals surface area contributed by atoms with Crippen LogP contribution >= 0.6 is 11.8 Å². The predicted molar refractivity (Wildman–Crippen MR) is 150 cm³/mol. The summed E-state index contributed by atoms with van der Waals surface area (Å²) in [5.41, 5.74) is 3.16. The zero-order valence-corrected chi connectivity index (χ0v) is 22.4.